The highest BCUT2D eigenvalue weighted by atomic mass is 15.1. The number of hydrogen-bond acceptors (Lipinski definition) is 6. The van der Waals surface area contributed by atoms with E-state index < -0.39 is 0 Å². The molecule has 0 amide bonds. The molecule has 0 unspecified atom stereocenters. The van der Waals surface area contributed by atoms with Crippen LogP contribution in [0.15, 0.2) is 78.7 Å². The summed E-state index contributed by atoms with van der Waals surface area (Å²) in [5.41, 5.74) is 10.1. The van der Waals surface area contributed by atoms with Crippen molar-refractivity contribution in [1.29, 1.82) is 0 Å². The fraction of sp³-hybridized carbons (Fsp3) is 0.200. The molecule has 0 saturated carbocycles. The van der Waals surface area contributed by atoms with Gasteiger partial charge in [-0.3, -0.25) is 19.9 Å². The molecule has 1 N–H and O–H groups in total. The molecule has 0 spiro atoms. The van der Waals surface area contributed by atoms with E-state index in [1.165, 1.54) is 22.3 Å². The zero-order valence-corrected chi connectivity index (χ0v) is 17.7. The number of allylic oxidation sites excluding steroid dienone is 3. The zero-order chi connectivity index (χ0) is 21.2. The standard InChI is InChI=1S/C25H24N6/c1-17-9-19(12-30-25(17)21-3-5-27-18(2)10-21)15-31-8-4-20-11-23(29-13-22(20)16-31)24-14-26-6-7-28-24/h3-12,14,29H,13,15-16H2,1-2H3. The summed E-state index contributed by atoms with van der Waals surface area (Å²) < 4.78 is 0. The average Bonchev–Trinajstić information content (AvgIpc) is 2.79. The van der Waals surface area contributed by atoms with Crippen LogP contribution in [-0.4, -0.2) is 37.9 Å². The Morgan fingerprint density at radius 1 is 1.03 bits per heavy atom. The van der Waals surface area contributed by atoms with Crippen LogP contribution in [0.5, 0.6) is 0 Å². The Morgan fingerprint density at radius 3 is 2.77 bits per heavy atom. The molecule has 0 fully saturated rings. The number of nitrogens with zero attached hydrogens (tertiary/aromatic N) is 5. The van der Waals surface area contributed by atoms with Gasteiger partial charge in [0.2, 0.25) is 0 Å². The number of hydrogen-bond donors (Lipinski definition) is 1. The Bertz CT molecular complexity index is 1210. The second-order valence-electron chi connectivity index (χ2n) is 7.98. The second kappa shape index (κ2) is 8.14. The summed E-state index contributed by atoms with van der Waals surface area (Å²) >= 11 is 0. The van der Waals surface area contributed by atoms with Gasteiger partial charge in [-0.2, -0.15) is 0 Å². The molecular weight excluding hydrogens is 384 g/mol. The van der Waals surface area contributed by atoms with Crippen LogP contribution in [0.3, 0.4) is 0 Å². The largest absolute Gasteiger partial charge is 0.379 e. The predicted octanol–water partition coefficient (Wildman–Crippen LogP) is 3.82. The number of dihydropyridines is 1. The fourth-order valence-corrected chi connectivity index (χ4v) is 4.07. The summed E-state index contributed by atoms with van der Waals surface area (Å²) in [5.74, 6) is 0. The summed E-state index contributed by atoms with van der Waals surface area (Å²) in [7, 11) is 0. The van der Waals surface area contributed by atoms with Crippen molar-refractivity contribution in [3.05, 3.63) is 101 Å². The monoisotopic (exact) mass is 408 g/mol. The lowest BCUT2D eigenvalue weighted by Crippen LogP contribution is -2.31. The normalized spacial score (nSPS) is 15.4. The highest BCUT2D eigenvalue weighted by Gasteiger charge is 2.19. The predicted molar refractivity (Wildman–Crippen MR) is 122 cm³/mol. The maximum atomic E-state index is 4.75. The van der Waals surface area contributed by atoms with E-state index in [1.807, 2.05) is 25.4 Å². The SMILES string of the molecule is Cc1cc(-c2ncc(CN3C=CC4=C(CNC(c5cnccn5)=C4)C3)cc2C)ccn1. The van der Waals surface area contributed by atoms with Gasteiger partial charge in [-0.05, 0) is 60.4 Å². The lowest BCUT2D eigenvalue weighted by molar-refractivity contribution is 0.389. The Kier molecular flexibility index (Phi) is 5.04. The van der Waals surface area contributed by atoms with E-state index in [9.17, 15) is 0 Å². The molecule has 6 nitrogen and oxygen atoms in total. The van der Waals surface area contributed by atoms with Gasteiger partial charge < -0.3 is 10.2 Å². The van der Waals surface area contributed by atoms with E-state index in [0.29, 0.717) is 0 Å². The maximum Gasteiger partial charge on any atom is 0.104 e. The summed E-state index contributed by atoms with van der Waals surface area (Å²) in [4.78, 5) is 19.9. The fourth-order valence-electron chi connectivity index (χ4n) is 4.07. The number of nitrogens with one attached hydrogen (secondary N) is 1. The second-order valence-corrected chi connectivity index (χ2v) is 7.98. The van der Waals surface area contributed by atoms with Gasteiger partial charge in [0.1, 0.15) is 5.69 Å². The first-order chi connectivity index (χ1) is 15.2. The summed E-state index contributed by atoms with van der Waals surface area (Å²) in [5, 5.41) is 3.48. The van der Waals surface area contributed by atoms with Crippen molar-refractivity contribution in [2.24, 2.45) is 0 Å². The molecule has 0 aromatic carbocycles. The van der Waals surface area contributed by atoms with Crippen LogP contribution in [-0.2, 0) is 6.54 Å². The zero-order valence-electron chi connectivity index (χ0n) is 17.7. The van der Waals surface area contributed by atoms with E-state index in [1.54, 1.807) is 18.6 Å². The first kappa shape index (κ1) is 19.2. The van der Waals surface area contributed by atoms with Gasteiger partial charge >= 0.3 is 0 Å². The van der Waals surface area contributed by atoms with Crippen LogP contribution >= 0.6 is 0 Å². The molecule has 3 aromatic heterocycles. The molecule has 3 aromatic rings. The Hall–Kier alpha value is -3.80. The van der Waals surface area contributed by atoms with Crippen molar-refractivity contribution < 1.29 is 0 Å². The van der Waals surface area contributed by atoms with Crippen molar-refractivity contribution in [2.45, 2.75) is 20.4 Å². The minimum atomic E-state index is 0.816. The summed E-state index contributed by atoms with van der Waals surface area (Å²) in [6, 6.07) is 6.33. The van der Waals surface area contributed by atoms with Gasteiger partial charge in [-0.1, -0.05) is 6.07 Å². The number of pyridine rings is 2. The lowest BCUT2D eigenvalue weighted by Gasteiger charge is -2.30. The summed E-state index contributed by atoms with van der Waals surface area (Å²) in [6.45, 7) is 6.67. The Labute approximate surface area is 182 Å². The first-order valence-corrected chi connectivity index (χ1v) is 10.4. The molecular formula is C25H24N6. The Balaban J connectivity index is 1.30. The molecule has 0 bridgehead atoms. The van der Waals surface area contributed by atoms with Gasteiger partial charge in [0.25, 0.3) is 0 Å². The van der Waals surface area contributed by atoms with Crippen LogP contribution in [0.4, 0.5) is 0 Å². The quantitative estimate of drug-likeness (QED) is 0.708. The van der Waals surface area contributed by atoms with Crippen LogP contribution in [0.25, 0.3) is 17.0 Å². The van der Waals surface area contributed by atoms with Crippen molar-refractivity contribution in [3.63, 3.8) is 0 Å². The van der Waals surface area contributed by atoms with E-state index in [0.717, 1.165) is 48.0 Å². The molecule has 154 valence electrons. The maximum absolute atomic E-state index is 4.75. The van der Waals surface area contributed by atoms with Crippen LogP contribution in [0.1, 0.15) is 22.5 Å². The number of aromatic nitrogens is 4. The van der Waals surface area contributed by atoms with E-state index in [-0.39, 0.29) is 0 Å². The van der Waals surface area contributed by atoms with Gasteiger partial charge in [-0.25, -0.2) is 0 Å². The molecule has 5 heterocycles. The minimum Gasteiger partial charge on any atom is -0.379 e. The smallest absolute Gasteiger partial charge is 0.104 e. The lowest BCUT2D eigenvalue weighted by atomic mass is 9.99. The van der Waals surface area contributed by atoms with Gasteiger partial charge in [0, 0.05) is 61.9 Å². The molecule has 0 saturated heterocycles. The average molecular weight is 409 g/mol. The summed E-state index contributed by atoms with van der Waals surface area (Å²) in [6.07, 6.45) is 15.5. The molecule has 31 heavy (non-hydrogen) atoms. The van der Waals surface area contributed by atoms with Gasteiger partial charge in [0.05, 0.1) is 17.6 Å². The number of aryl methyl sites for hydroxylation is 2. The third-order valence-corrected chi connectivity index (χ3v) is 5.59. The minimum absolute atomic E-state index is 0.816. The molecule has 2 aliphatic heterocycles. The van der Waals surface area contributed by atoms with Gasteiger partial charge in [0.15, 0.2) is 0 Å². The van der Waals surface area contributed by atoms with E-state index in [2.05, 4.69) is 62.6 Å². The van der Waals surface area contributed by atoms with Crippen LogP contribution in [0.2, 0.25) is 0 Å². The molecule has 0 atom stereocenters. The van der Waals surface area contributed by atoms with Crippen molar-refractivity contribution in [2.75, 3.05) is 13.1 Å². The molecule has 0 aliphatic carbocycles. The van der Waals surface area contributed by atoms with Crippen molar-refractivity contribution in [1.82, 2.24) is 30.2 Å². The van der Waals surface area contributed by atoms with E-state index in [4.69, 9.17) is 4.98 Å². The highest BCUT2D eigenvalue weighted by Crippen LogP contribution is 2.26. The third kappa shape index (κ3) is 4.10. The number of rotatable bonds is 4. The van der Waals surface area contributed by atoms with Crippen LogP contribution < -0.4 is 5.32 Å². The third-order valence-electron chi connectivity index (χ3n) is 5.59. The Morgan fingerprint density at radius 2 is 1.97 bits per heavy atom. The first-order valence-electron chi connectivity index (χ1n) is 10.4. The molecule has 2 aliphatic rings. The van der Waals surface area contributed by atoms with Gasteiger partial charge in [-0.15, -0.1) is 0 Å². The molecule has 0 radical (unpaired) electrons. The van der Waals surface area contributed by atoms with Crippen LogP contribution in [0, 0.1) is 13.8 Å². The topological polar surface area (TPSA) is 66.8 Å². The highest BCUT2D eigenvalue weighted by molar-refractivity contribution is 5.68. The molecule has 5 rings (SSSR count). The van der Waals surface area contributed by atoms with Crippen molar-refractivity contribution in [3.8, 4) is 11.3 Å². The van der Waals surface area contributed by atoms with E-state index >= 15 is 0 Å². The molecule has 6 heteroatoms. The van der Waals surface area contributed by atoms with Crippen molar-refractivity contribution >= 4 is 5.70 Å².